The molecule has 154 valence electrons. The van der Waals surface area contributed by atoms with Crippen LogP contribution in [-0.2, 0) is 16.1 Å². The zero-order valence-corrected chi connectivity index (χ0v) is 17.1. The van der Waals surface area contributed by atoms with Crippen molar-refractivity contribution in [2.24, 2.45) is 0 Å². The van der Waals surface area contributed by atoms with E-state index in [1.54, 1.807) is 0 Å². The predicted octanol–water partition coefficient (Wildman–Crippen LogP) is 4.13. The molecule has 1 unspecified atom stereocenters. The van der Waals surface area contributed by atoms with E-state index in [1.807, 2.05) is 60.0 Å². The van der Waals surface area contributed by atoms with Crippen molar-refractivity contribution in [1.29, 1.82) is 0 Å². The second-order valence-corrected chi connectivity index (χ2v) is 7.90. The number of likely N-dealkylation sites (tertiary alicyclic amines) is 1. The average Bonchev–Trinajstić information content (AvgIpc) is 3.43. The molecule has 1 saturated heterocycles. The number of thiazole rings is 1. The molecule has 3 aromatic rings. The molecule has 3 N–H and O–H groups in total. The number of aromatic nitrogens is 1. The minimum atomic E-state index is -0.558. The molecular weight excluding hydrogens is 400 g/mol. The third kappa shape index (κ3) is 4.60. The summed E-state index contributed by atoms with van der Waals surface area (Å²) in [6, 6.07) is 16.3. The van der Waals surface area contributed by atoms with Crippen LogP contribution in [0.4, 0.5) is 15.6 Å². The van der Waals surface area contributed by atoms with Crippen LogP contribution in [0.25, 0.3) is 11.3 Å². The van der Waals surface area contributed by atoms with E-state index in [4.69, 9.17) is 10.5 Å². The van der Waals surface area contributed by atoms with Crippen molar-refractivity contribution in [1.82, 2.24) is 9.88 Å². The Morgan fingerprint density at radius 2 is 1.93 bits per heavy atom. The van der Waals surface area contributed by atoms with Crippen LogP contribution in [0.1, 0.15) is 18.4 Å². The fourth-order valence-corrected chi connectivity index (χ4v) is 4.09. The monoisotopic (exact) mass is 422 g/mol. The lowest BCUT2D eigenvalue weighted by atomic mass is 10.1. The van der Waals surface area contributed by atoms with Gasteiger partial charge in [-0.1, -0.05) is 42.5 Å². The molecule has 1 aliphatic rings. The van der Waals surface area contributed by atoms with Crippen LogP contribution in [0.3, 0.4) is 0 Å². The van der Waals surface area contributed by atoms with E-state index in [0.717, 1.165) is 23.2 Å². The number of hydrogen-bond donors (Lipinski definition) is 2. The van der Waals surface area contributed by atoms with Crippen molar-refractivity contribution in [2.75, 3.05) is 17.6 Å². The zero-order chi connectivity index (χ0) is 20.9. The van der Waals surface area contributed by atoms with Crippen LogP contribution in [-0.4, -0.2) is 34.5 Å². The van der Waals surface area contributed by atoms with Gasteiger partial charge in [0.15, 0.2) is 5.13 Å². The van der Waals surface area contributed by atoms with Gasteiger partial charge in [-0.15, -0.1) is 11.3 Å². The standard InChI is InChI=1S/C22H22N4O3S/c23-17-10-8-16(9-11-17)18-14-30-21(24-18)25-20(27)19-7-4-12-26(19)22(28)29-13-15-5-2-1-3-6-15/h1-3,5-6,8-11,14,19H,4,7,12-13,23H2,(H,24,25,27). The van der Waals surface area contributed by atoms with Crippen LogP contribution in [0.2, 0.25) is 0 Å². The number of carbonyl (C=O) groups is 2. The maximum absolute atomic E-state index is 12.8. The predicted molar refractivity (Wildman–Crippen MR) is 117 cm³/mol. The number of amides is 2. The summed E-state index contributed by atoms with van der Waals surface area (Å²) in [5.74, 6) is -0.248. The van der Waals surface area contributed by atoms with Crippen molar-refractivity contribution >= 4 is 34.2 Å². The first-order chi connectivity index (χ1) is 14.6. The van der Waals surface area contributed by atoms with E-state index in [-0.39, 0.29) is 12.5 Å². The minimum absolute atomic E-state index is 0.182. The van der Waals surface area contributed by atoms with Crippen LogP contribution >= 0.6 is 11.3 Å². The average molecular weight is 423 g/mol. The number of rotatable bonds is 5. The highest BCUT2D eigenvalue weighted by atomic mass is 32.1. The molecule has 0 saturated carbocycles. The number of anilines is 2. The molecular formula is C22H22N4O3S. The van der Waals surface area contributed by atoms with Gasteiger partial charge in [0.25, 0.3) is 0 Å². The first kappa shape index (κ1) is 19.9. The number of benzene rings is 2. The summed E-state index contributed by atoms with van der Waals surface area (Å²) in [5, 5.41) is 5.21. The van der Waals surface area contributed by atoms with Gasteiger partial charge in [0, 0.05) is 23.2 Å². The Labute approximate surface area is 178 Å². The van der Waals surface area contributed by atoms with Crippen LogP contribution in [0, 0.1) is 0 Å². The summed E-state index contributed by atoms with van der Waals surface area (Å²) in [6.07, 6.45) is 0.883. The normalized spacial score (nSPS) is 15.7. The van der Waals surface area contributed by atoms with E-state index >= 15 is 0 Å². The van der Waals surface area contributed by atoms with Crippen LogP contribution < -0.4 is 11.1 Å². The Balaban J connectivity index is 1.36. The SMILES string of the molecule is Nc1ccc(-c2csc(NC(=O)C3CCCN3C(=O)OCc3ccccc3)n2)cc1. The lowest BCUT2D eigenvalue weighted by molar-refractivity contribution is -0.120. The first-order valence-electron chi connectivity index (χ1n) is 9.70. The van der Waals surface area contributed by atoms with Gasteiger partial charge in [0.1, 0.15) is 12.6 Å². The molecule has 0 aliphatic carbocycles. The highest BCUT2D eigenvalue weighted by Crippen LogP contribution is 2.27. The topological polar surface area (TPSA) is 97.6 Å². The van der Waals surface area contributed by atoms with E-state index in [1.165, 1.54) is 16.2 Å². The minimum Gasteiger partial charge on any atom is -0.445 e. The Kier molecular flexibility index (Phi) is 5.94. The number of nitrogen functional groups attached to an aromatic ring is 1. The highest BCUT2D eigenvalue weighted by Gasteiger charge is 2.35. The Bertz CT molecular complexity index is 1020. The number of nitrogens with two attached hydrogens (primary N) is 1. The van der Waals surface area contributed by atoms with E-state index in [0.29, 0.717) is 23.8 Å². The molecule has 4 rings (SSSR count). The van der Waals surface area contributed by atoms with Crippen molar-refractivity contribution in [3.05, 3.63) is 65.5 Å². The van der Waals surface area contributed by atoms with E-state index < -0.39 is 12.1 Å². The van der Waals surface area contributed by atoms with Gasteiger partial charge in [-0.2, -0.15) is 0 Å². The summed E-state index contributed by atoms with van der Waals surface area (Å²) in [4.78, 5) is 31.3. The molecule has 1 atom stereocenters. The zero-order valence-electron chi connectivity index (χ0n) is 16.3. The molecule has 0 radical (unpaired) electrons. The van der Waals surface area contributed by atoms with E-state index in [2.05, 4.69) is 10.3 Å². The fourth-order valence-electron chi connectivity index (χ4n) is 3.37. The van der Waals surface area contributed by atoms with Crippen molar-refractivity contribution in [3.8, 4) is 11.3 Å². The number of ether oxygens (including phenoxy) is 1. The molecule has 0 bridgehead atoms. The third-order valence-electron chi connectivity index (χ3n) is 4.94. The Morgan fingerprint density at radius 3 is 2.70 bits per heavy atom. The largest absolute Gasteiger partial charge is 0.445 e. The summed E-state index contributed by atoms with van der Waals surface area (Å²) >= 11 is 1.34. The smallest absolute Gasteiger partial charge is 0.410 e. The Hall–Kier alpha value is -3.39. The van der Waals surface area contributed by atoms with Gasteiger partial charge in [0.2, 0.25) is 5.91 Å². The number of nitrogens with one attached hydrogen (secondary N) is 1. The molecule has 30 heavy (non-hydrogen) atoms. The summed E-state index contributed by atoms with van der Waals surface area (Å²) in [7, 11) is 0. The molecule has 0 spiro atoms. The molecule has 1 aromatic heterocycles. The molecule has 1 aliphatic heterocycles. The second kappa shape index (κ2) is 8.96. The molecule has 8 heteroatoms. The van der Waals surface area contributed by atoms with Crippen molar-refractivity contribution < 1.29 is 14.3 Å². The number of nitrogens with zero attached hydrogens (tertiary/aromatic N) is 2. The molecule has 2 amide bonds. The van der Waals surface area contributed by atoms with Crippen molar-refractivity contribution in [3.63, 3.8) is 0 Å². The highest BCUT2D eigenvalue weighted by molar-refractivity contribution is 7.14. The quantitative estimate of drug-likeness (QED) is 0.603. The van der Waals surface area contributed by atoms with Gasteiger partial charge in [-0.25, -0.2) is 9.78 Å². The van der Waals surface area contributed by atoms with Gasteiger partial charge in [-0.05, 0) is 30.5 Å². The van der Waals surface area contributed by atoms with Gasteiger partial charge >= 0.3 is 6.09 Å². The van der Waals surface area contributed by atoms with Gasteiger partial charge < -0.3 is 15.8 Å². The lowest BCUT2D eigenvalue weighted by Gasteiger charge is -2.22. The van der Waals surface area contributed by atoms with E-state index in [9.17, 15) is 9.59 Å². The molecule has 2 aromatic carbocycles. The fraction of sp³-hybridized carbons (Fsp3) is 0.227. The summed E-state index contributed by atoms with van der Waals surface area (Å²) in [5.41, 5.74) is 9.00. The maximum atomic E-state index is 12.8. The molecule has 2 heterocycles. The summed E-state index contributed by atoms with van der Waals surface area (Å²) in [6.45, 7) is 0.683. The number of hydrogen-bond acceptors (Lipinski definition) is 6. The Morgan fingerprint density at radius 1 is 1.17 bits per heavy atom. The molecule has 1 fully saturated rings. The van der Waals surface area contributed by atoms with Gasteiger partial charge in [-0.3, -0.25) is 9.69 Å². The van der Waals surface area contributed by atoms with Crippen molar-refractivity contribution in [2.45, 2.75) is 25.5 Å². The van der Waals surface area contributed by atoms with Gasteiger partial charge in [0.05, 0.1) is 5.69 Å². The third-order valence-corrected chi connectivity index (χ3v) is 5.69. The second-order valence-electron chi connectivity index (χ2n) is 7.04. The molecule has 7 nitrogen and oxygen atoms in total. The van der Waals surface area contributed by atoms with Crippen LogP contribution in [0.15, 0.2) is 60.0 Å². The lowest BCUT2D eigenvalue weighted by Crippen LogP contribution is -2.43. The van der Waals surface area contributed by atoms with Crippen LogP contribution in [0.5, 0.6) is 0 Å². The maximum Gasteiger partial charge on any atom is 0.410 e. The first-order valence-corrected chi connectivity index (χ1v) is 10.6. The summed E-state index contributed by atoms with van der Waals surface area (Å²) < 4.78 is 5.40. The number of carbonyl (C=O) groups excluding carboxylic acids is 2.